The van der Waals surface area contributed by atoms with Gasteiger partial charge >= 0.3 is 0 Å². The van der Waals surface area contributed by atoms with Crippen molar-refractivity contribution >= 4 is 0 Å². The number of aliphatic hydroxyl groups excluding tert-OH is 1. The predicted octanol–water partition coefficient (Wildman–Crippen LogP) is 2.84. The van der Waals surface area contributed by atoms with Gasteiger partial charge in [-0.15, -0.1) is 5.73 Å². The smallest absolute Gasteiger partial charge is 0.107 e. The van der Waals surface area contributed by atoms with Crippen LogP contribution in [-0.2, 0) is 0 Å². The van der Waals surface area contributed by atoms with Crippen LogP contribution < -0.4 is 0 Å². The molecule has 0 amide bonds. The van der Waals surface area contributed by atoms with Crippen molar-refractivity contribution < 1.29 is 5.11 Å². The summed E-state index contributed by atoms with van der Waals surface area (Å²) >= 11 is 0. The highest BCUT2D eigenvalue weighted by molar-refractivity contribution is 5.25. The fraction of sp³-hybridized carbons (Fsp3) is 0.250. The Balaban J connectivity index is 2.91. The predicted molar refractivity (Wildman–Crippen MR) is 54.3 cm³/mol. The lowest BCUT2D eigenvalue weighted by molar-refractivity contribution is 0.212. The van der Waals surface area contributed by atoms with Gasteiger partial charge in [0.1, 0.15) is 6.10 Å². The number of hydrogen-bond acceptors (Lipinski definition) is 1. The molecule has 0 heterocycles. The maximum absolute atomic E-state index is 9.84. The fourth-order valence-corrected chi connectivity index (χ4v) is 1.25. The molecule has 0 aliphatic heterocycles. The molecule has 1 aromatic rings. The maximum atomic E-state index is 9.84. The van der Waals surface area contributed by atoms with Gasteiger partial charge in [0.25, 0.3) is 0 Å². The van der Waals surface area contributed by atoms with Crippen LogP contribution in [0.15, 0.2) is 48.2 Å². The number of rotatable bonds is 3. The van der Waals surface area contributed by atoms with Crippen molar-refractivity contribution in [2.24, 2.45) is 0 Å². The summed E-state index contributed by atoms with van der Waals surface area (Å²) in [6.07, 6.45) is 0.225. The second kappa shape index (κ2) is 4.66. The summed E-state index contributed by atoms with van der Waals surface area (Å²) in [5.74, 6) is 0. The summed E-state index contributed by atoms with van der Waals surface area (Å²) in [7, 11) is 0. The van der Waals surface area contributed by atoms with Crippen molar-refractivity contribution in [3.8, 4) is 0 Å². The van der Waals surface area contributed by atoms with Gasteiger partial charge in [0, 0.05) is 5.57 Å². The Morgan fingerprint density at radius 2 is 2.08 bits per heavy atom. The first-order chi connectivity index (χ1) is 6.29. The van der Waals surface area contributed by atoms with E-state index in [1.54, 1.807) is 0 Å². The summed E-state index contributed by atoms with van der Waals surface area (Å²) in [4.78, 5) is 0. The zero-order valence-corrected chi connectivity index (χ0v) is 7.83. The van der Waals surface area contributed by atoms with E-state index in [0.717, 1.165) is 17.6 Å². The van der Waals surface area contributed by atoms with Crippen LogP contribution in [0.2, 0.25) is 0 Å². The van der Waals surface area contributed by atoms with Crippen molar-refractivity contribution in [2.45, 2.75) is 19.4 Å². The maximum Gasteiger partial charge on any atom is 0.107 e. The minimum Gasteiger partial charge on any atom is -0.383 e. The van der Waals surface area contributed by atoms with Crippen molar-refractivity contribution in [3.05, 3.63) is 53.8 Å². The molecule has 0 bridgehead atoms. The van der Waals surface area contributed by atoms with Gasteiger partial charge in [-0.05, 0) is 12.0 Å². The van der Waals surface area contributed by atoms with Crippen LogP contribution in [0, 0.1) is 0 Å². The van der Waals surface area contributed by atoms with Gasteiger partial charge in [-0.2, -0.15) is 0 Å². The van der Waals surface area contributed by atoms with Crippen LogP contribution in [0.1, 0.15) is 25.0 Å². The third kappa shape index (κ3) is 2.32. The normalized spacial score (nSPS) is 11.8. The Hall–Kier alpha value is -1.30. The van der Waals surface area contributed by atoms with Gasteiger partial charge in [-0.1, -0.05) is 43.8 Å². The van der Waals surface area contributed by atoms with Gasteiger partial charge < -0.3 is 5.11 Å². The zero-order valence-electron chi connectivity index (χ0n) is 7.83. The molecular weight excluding hydrogens is 160 g/mol. The van der Waals surface area contributed by atoms with E-state index in [1.807, 2.05) is 37.3 Å². The van der Waals surface area contributed by atoms with Crippen molar-refractivity contribution in [1.82, 2.24) is 0 Å². The van der Waals surface area contributed by atoms with E-state index >= 15 is 0 Å². The fourth-order valence-electron chi connectivity index (χ4n) is 1.25. The van der Waals surface area contributed by atoms with E-state index in [2.05, 4.69) is 12.3 Å². The minimum atomic E-state index is -0.552. The van der Waals surface area contributed by atoms with Gasteiger partial charge in [0.05, 0.1) is 0 Å². The molecule has 0 aliphatic carbocycles. The monoisotopic (exact) mass is 174 g/mol. The Labute approximate surface area is 79.0 Å². The molecule has 0 saturated carbocycles. The van der Waals surface area contributed by atoms with Gasteiger partial charge in [-0.3, -0.25) is 0 Å². The second-order valence-electron chi connectivity index (χ2n) is 2.87. The van der Waals surface area contributed by atoms with Gasteiger partial charge in [-0.25, -0.2) is 0 Å². The number of hydrogen-bond donors (Lipinski definition) is 1. The molecular formula is C12H14O. The van der Waals surface area contributed by atoms with E-state index in [9.17, 15) is 5.11 Å². The highest BCUT2D eigenvalue weighted by Gasteiger charge is 2.09. The molecule has 0 spiro atoms. The topological polar surface area (TPSA) is 20.2 Å². The molecule has 1 nitrogen and oxygen atoms in total. The van der Waals surface area contributed by atoms with E-state index in [-0.39, 0.29) is 0 Å². The Kier molecular flexibility index (Phi) is 3.51. The quantitative estimate of drug-likeness (QED) is 0.698. The molecule has 1 atom stereocenters. The average molecular weight is 174 g/mol. The molecule has 68 valence electrons. The summed E-state index contributed by atoms with van der Waals surface area (Å²) < 4.78 is 0. The largest absolute Gasteiger partial charge is 0.383 e. The second-order valence-corrected chi connectivity index (χ2v) is 2.87. The third-order valence-corrected chi connectivity index (χ3v) is 2.05. The van der Waals surface area contributed by atoms with Crippen LogP contribution in [0.4, 0.5) is 0 Å². The van der Waals surface area contributed by atoms with Gasteiger partial charge in [0.2, 0.25) is 0 Å². The molecule has 13 heavy (non-hydrogen) atoms. The highest BCUT2D eigenvalue weighted by Crippen LogP contribution is 2.22. The van der Waals surface area contributed by atoms with E-state index in [0.29, 0.717) is 0 Å². The van der Waals surface area contributed by atoms with Crippen molar-refractivity contribution in [3.63, 3.8) is 0 Å². The van der Waals surface area contributed by atoms with Gasteiger partial charge in [0.15, 0.2) is 0 Å². The Morgan fingerprint density at radius 3 is 2.54 bits per heavy atom. The molecule has 1 heteroatoms. The summed E-state index contributed by atoms with van der Waals surface area (Å²) in [6, 6.07) is 9.55. The van der Waals surface area contributed by atoms with Crippen molar-refractivity contribution in [1.29, 1.82) is 0 Å². The standard InChI is InChI=1S/C12H14O/c1-3-10(4-2)12(13)11-8-6-5-7-9-11/h5-9,12-13H,1,4H2,2H3/t12-/m0/s1. The summed E-state index contributed by atoms with van der Waals surface area (Å²) in [6.45, 7) is 5.54. The molecule has 0 aliphatic rings. The lowest BCUT2D eigenvalue weighted by atomic mass is 10.0. The van der Waals surface area contributed by atoms with Crippen LogP contribution in [0.3, 0.4) is 0 Å². The summed E-state index contributed by atoms with van der Waals surface area (Å²) in [5, 5.41) is 9.84. The lowest BCUT2D eigenvalue weighted by Crippen LogP contribution is -1.99. The SMILES string of the molecule is C=C=C(CC)[C@H](O)c1ccccc1. The molecule has 1 N–H and O–H groups in total. The lowest BCUT2D eigenvalue weighted by Gasteiger charge is -2.11. The third-order valence-electron chi connectivity index (χ3n) is 2.05. The number of benzene rings is 1. The van der Waals surface area contributed by atoms with Crippen LogP contribution in [0.25, 0.3) is 0 Å². The first-order valence-electron chi connectivity index (χ1n) is 4.41. The molecule has 0 radical (unpaired) electrons. The molecule has 1 rings (SSSR count). The van der Waals surface area contributed by atoms with E-state index < -0.39 is 6.10 Å². The highest BCUT2D eigenvalue weighted by atomic mass is 16.3. The number of aliphatic hydroxyl groups is 1. The Bertz CT molecular complexity index is 307. The molecule has 0 unspecified atom stereocenters. The molecule has 0 saturated heterocycles. The molecule has 0 fully saturated rings. The molecule has 1 aromatic carbocycles. The Morgan fingerprint density at radius 1 is 1.46 bits per heavy atom. The zero-order chi connectivity index (χ0) is 9.68. The van der Waals surface area contributed by atoms with Crippen LogP contribution in [0.5, 0.6) is 0 Å². The van der Waals surface area contributed by atoms with Crippen molar-refractivity contribution in [2.75, 3.05) is 0 Å². The van der Waals surface area contributed by atoms with E-state index in [1.165, 1.54) is 0 Å². The first-order valence-corrected chi connectivity index (χ1v) is 4.41. The van der Waals surface area contributed by atoms with Crippen LogP contribution >= 0.6 is 0 Å². The summed E-state index contributed by atoms with van der Waals surface area (Å²) in [5.41, 5.74) is 4.50. The average Bonchev–Trinajstić information content (AvgIpc) is 2.21. The molecule has 0 aromatic heterocycles. The minimum absolute atomic E-state index is 0.552. The van der Waals surface area contributed by atoms with E-state index in [4.69, 9.17) is 0 Å². The van der Waals surface area contributed by atoms with Crippen LogP contribution in [-0.4, -0.2) is 5.11 Å². The first kappa shape index (κ1) is 9.79.